The van der Waals surface area contributed by atoms with E-state index in [4.69, 9.17) is 0 Å². The molecule has 2 atom stereocenters. The van der Waals surface area contributed by atoms with Gasteiger partial charge >= 0.3 is 0 Å². The second-order valence-corrected chi connectivity index (χ2v) is 8.87. The molecule has 4 aromatic heterocycles. The van der Waals surface area contributed by atoms with Crippen LogP contribution in [0.3, 0.4) is 0 Å². The fourth-order valence-corrected chi connectivity index (χ4v) is 4.87. The minimum Gasteiger partial charge on any atom is -0.365 e. The van der Waals surface area contributed by atoms with Crippen LogP contribution >= 0.6 is 11.3 Å². The number of nitrogens with one attached hydrogen (secondary N) is 3. The molecular formula is C23H20F3N5OS. The molecule has 10 heteroatoms. The van der Waals surface area contributed by atoms with E-state index in [2.05, 4.69) is 25.6 Å². The lowest BCUT2D eigenvalue weighted by molar-refractivity contribution is 0.0927. The Morgan fingerprint density at radius 2 is 2.00 bits per heavy atom. The van der Waals surface area contributed by atoms with E-state index in [1.54, 1.807) is 11.4 Å². The van der Waals surface area contributed by atoms with Crippen molar-refractivity contribution in [3.8, 4) is 11.3 Å². The van der Waals surface area contributed by atoms with Gasteiger partial charge < -0.3 is 15.6 Å². The van der Waals surface area contributed by atoms with Crippen molar-refractivity contribution in [3.05, 3.63) is 64.4 Å². The van der Waals surface area contributed by atoms with Crippen molar-refractivity contribution in [2.24, 2.45) is 0 Å². The number of nitrogens with zero attached hydrogens (tertiary/aromatic N) is 2. The van der Waals surface area contributed by atoms with E-state index in [1.807, 2.05) is 5.38 Å². The average Bonchev–Trinajstić information content (AvgIpc) is 3.46. The third-order valence-corrected chi connectivity index (χ3v) is 6.50. The lowest BCUT2D eigenvalue weighted by atomic mass is 9.90. The lowest BCUT2D eigenvalue weighted by Crippen LogP contribution is -2.41. The first-order valence-electron chi connectivity index (χ1n) is 10.6. The summed E-state index contributed by atoms with van der Waals surface area (Å²) in [4.78, 5) is 23.4. The number of thiophene rings is 1. The molecule has 4 heterocycles. The zero-order valence-electron chi connectivity index (χ0n) is 17.4. The highest BCUT2D eigenvalue weighted by molar-refractivity contribution is 7.08. The first-order valence-corrected chi connectivity index (χ1v) is 11.5. The smallest absolute Gasteiger partial charge is 0.252 e. The Morgan fingerprint density at radius 1 is 1.15 bits per heavy atom. The van der Waals surface area contributed by atoms with Crippen LogP contribution in [0.1, 0.15) is 36.0 Å². The molecule has 1 amide bonds. The highest BCUT2D eigenvalue weighted by atomic mass is 32.1. The van der Waals surface area contributed by atoms with E-state index >= 15 is 0 Å². The summed E-state index contributed by atoms with van der Waals surface area (Å²) in [5, 5.41) is 10.1. The number of anilines is 1. The van der Waals surface area contributed by atoms with Gasteiger partial charge in [-0.15, -0.1) is 0 Å². The maximum atomic E-state index is 14.6. The molecule has 170 valence electrons. The van der Waals surface area contributed by atoms with Crippen LogP contribution in [0.4, 0.5) is 19.0 Å². The molecule has 0 spiro atoms. The fraction of sp³-hybridized carbons (Fsp3) is 0.261. The summed E-state index contributed by atoms with van der Waals surface area (Å²) in [6.45, 7) is 0. The highest BCUT2D eigenvalue weighted by Crippen LogP contribution is 2.32. The molecular weight excluding hydrogens is 451 g/mol. The first-order chi connectivity index (χ1) is 16.0. The molecule has 1 aliphatic carbocycles. The SMILES string of the molecule is O=C(N[C@@H]1CCC[C@H](Nc2nc(-c3c[nH]c4ncc(F)cc34)c(F)cc2F)C1)c1ccsc1. The van der Waals surface area contributed by atoms with Gasteiger partial charge in [0.1, 0.15) is 17.2 Å². The standard InChI is InChI=1S/C23H20F3N5OS/c24-13-6-16-17(10-28-21(16)27-9-13)20-18(25)8-19(26)22(31-20)29-14-2-1-3-15(7-14)30-23(32)12-4-5-33-11-12/h4-6,8-11,14-15H,1-3,7H2,(H,27,28)(H,29,31)(H,30,32)/t14-,15+/m0/s1. The van der Waals surface area contributed by atoms with Crippen molar-refractivity contribution in [3.63, 3.8) is 0 Å². The van der Waals surface area contributed by atoms with Crippen LogP contribution in [0.5, 0.6) is 0 Å². The van der Waals surface area contributed by atoms with E-state index < -0.39 is 17.5 Å². The Labute approximate surface area is 191 Å². The molecule has 0 aromatic carbocycles. The molecule has 5 rings (SSSR count). The van der Waals surface area contributed by atoms with Gasteiger partial charge in [-0.3, -0.25) is 4.79 Å². The number of H-pyrrole nitrogens is 1. The van der Waals surface area contributed by atoms with Gasteiger partial charge in [0.2, 0.25) is 0 Å². The molecule has 0 bridgehead atoms. The number of aromatic nitrogens is 3. The van der Waals surface area contributed by atoms with Gasteiger partial charge in [0, 0.05) is 46.2 Å². The predicted molar refractivity (Wildman–Crippen MR) is 121 cm³/mol. The van der Waals surface area contributed by atoms with Crippen LogP contribution in [0.15, 0.2) is 41.4 Å². The van der Waals surface area contributed by atoms with Crippen molar-refractivity contribution in [1.82, 2.24) is 20.3 Å². The van der Waals surface area contributed by atoms with Crippen molar-refractivity contribution in [1.29, 1.82) is 0 Å². The maximum absolute atomic E-state index is 14.6. The zero-order valence-corrected chi connectivity index (χ0v) is 18.2. The third-order valence-electron chi connectivity index (χ3n) is 5.82. The minimum absolute atomic E-state index is 0.0608. The molecule has 0 radical (unpaired) electrons. The summed E-state index contributed by atoms with van der Waals surface area (Å²) in [7, 11) is 0. The Balaban J connectivity index is 1.36. The van der Waals surface area contributed by atoms with E-state index in [0.29, 0.717) is 28.6 Å². The largest absolute Gasteiger partial charge is 0.365 e. The van der Waals surface area contributed by atoms with E-state index in [9.17, 15) is 18.0 Å². The van der Waals surface area contributed by atoms with E-state index in [0.717, 1.165) is 31.5 Å². The number of pyridine rings is 2. The molecule has 0 aliphatic heterocycles. The average molecular weight is 472 g/mol. The van der Waals surface area contributed by atoms with Gasteiger partial charge in [0.25, 0.3) is 5.91 Å². The van der Waals surface area contributed by atoms with Crippen molar-refractivity contribution < 1.29 is 18.0 Å². The van der Waals surface area contributed by atoms with Gasteiger partial charge in [-0.05, 0) is 43.2 Å². The minimum atomic E-state index is -0.854. The van der Waals surface area contributed by atoms with Gasteiger partial charge in [-0.1, -0.05) is 0 Å². The van der Waals surface area contributed by atoms with Gasteiger partial charge in [-0.25, -0.2) is 23.1 Å². The molecule has 1 saturated carbocycles. The Bertz CT molecular complexity index is 1310. The highest BCUT2D eigenvalue weighted by Gasteiger charge is 2.26. The second-order valence-electron chi connectivity index (χ2n) is 8.09. The molecule has 0 saturated heterocycles. The molecule has 0 unspecified atom stereocenters. The van der Waals surface area contributed by atoms with Gasteiger partial charge in [-0.2, -0.15) is 11.3 Å². The van der Waals surface area contributed by atoms with Crippen LogP contribution in [0.25, 0.3) is 22.3 Å². The number of hydrogen-bond donors (Lipinski definition) is 3. The van der Waals surface area contributed by atoms with Crippen LogP contribution in [0.2, 0.25) is 0 Å². The quantitative estimate of drug-likeness (QED) is 0.371. The van der Waals surface area contributed by atoms with E-state index in [1.165, 1.54) is 23.6 Å². The number of aromatic amines is 1. The summed E-state index contributed by atoms with van der Waals surface area (Å²) in [5.41, 5.74) is 1.19. The first kappa shape index (κ1) is 21.4. The number of hydrogen-bond acceptors (Lipinski definition) is 5. The Kier molecular flexibility index (Phi) is 5.76. The summed E-state index contributed by atoms with van der Waals surface area (Å²) >= 11 is 1.46. The Morgan fingerprint density at radius 3 is 2.82 bits per heavy atom. The number of carbonyl (C=O) groups is 1. The van der Waals surface area contributed by atoms with Crippen molar-refractivity contribution in [2.75, 3.05) is 5.32 Å². The van der Waals surface area contributed by atoms with Crippen molar-refractivity contribution in [2.45, 2.75) is 37.8 Å². The Hall–Kier alpha value is -3.40. The number of amides is 1. The summed E-state index contributed by atoms with van der Waals surface area (Å²) in [6.07, 6.45) is 5.55. The maximum Gasteiger partial charge on any atom is 0.252 e. The normalized spacial score (nSPS) is 18.4. The molecule has 1 aliphatic rings. The molecule has 3 N–H and O–H groups in total. The van der Waals surface area contributed by atoms with Gasteiger partial charge in [0.05, 0.1) is 6.20 Å². The number of fused-ring (bicyclic) bond motifs is 1. The molecule has 4 aromatic rings. The monoisotopic (exact) mass is 471 g/mol. The van der Waals surface area contributed by atoms with Crippen LogP contribution < -0.4 is 10.6 Å². The number of halogens is 3. The second kappa shape index (κ2) is 8.86. The number of rotatable bonds is 5. The topological polar surface area (TPSA) is 82.7 Å². The lowest BCUT2D eigenvalue weighted by Gasteiger charge is -2.30. The summed E-state index contributed by atoms with van der Waals surface area (Å²) in [5.74, 6) is -2.45. The van der Waals surface area contributed by atoms with E-state index in [-0.39, 0.29) is 29.5 Å². The molecule has 6 nitrogen and oxygen atoms in total. The predicted octanol–water partition coefficient (Wildman–Crippen LogP) is 5.26. The fourth-order valence-electron chi connectivity index (χ4n) is 4.24. The van der Waals surface area contributed by atoms with Gasteiger partial charge in [0.15, 0.2) is 17.5 Å². The van der Waals surface area contributed by atoms with Crippen LogP contribution in [-0.4, -0.2) is 32.9 Å². The molecule has 1 fully saturated rings. The summed E-state index contributed by atoms with van der Waals surface area (Å²) < 4.78 is 42.9. The van der Waals surface area contributed by atoms with Crippen LogP contribution in [0, 0.1) is 17.5 Å². The third kappa shape index (κ3) is 4.43. The zero-order chi connectivity index (χ0) is 22.9. The summed E-state index contributed by atoms with van der Waals surface area (Å²) in [6, 6.07) is 3.57. The number of carbonyl (C=O) groups excluding carboxylic acids is 1. The molecule has 33 heavy (non-hydrogen) atoms. The van der Waals surface area contributed by atoms with Crippen molar-refractivity contribution >= 4 is 34.1 Å². The van der Waals surface area contributed by atoms with Crippen LogP contribution in [-0.2, 0) is 0 Å².